The molecule has 12 heteroatoms. The minimum Gasteiger partial charge on any atom is -0.457 e. The lowest BCUT2D eigenvalue weighted by Gasteiger charge is -2.14. The predicted octanol–water partition coefficient (Wildman–Crippen LogP) is 6.15. The molecule has 0 spiro atoms. The Morgan fingerprint density at radius 1 is 0.440 bits per heavy atom. The first-order chi connectivity index (χ1) is 24.0. The van der Waals surface area contributed by atoms with E-state index in [9.17, 15) is 28.8 Å². The standard InChI is InChI=1S/C38H34O12/c1-23(2)35(41)47-21-45-31-19-11-9-17-29(31)33(39)25-13-5-7-15-27(25)37(43)49-50-38(44)28-16-8-6-14-26(28)34(40)30-18-10-12-20-32(30)46-22-48-36(42)24(3)4/h5-20,23-24H,21-22H2,1-4H3. The fourth-order valence-corrected chi connectivity index (χ4v) is 4.37. The molecular formula is C38H34O12. The molecule has 0 saturated heterocycles. The summed E-state index contributed by atoms with van der Waals surface area (Å²) in [5.74, 6) is -5.07. The zero-order valence-electron chi connectivity index (χ0n) is 27.7. The zero-order chi connectivity index (χ0) is 36.2. The normalized spacial score (nSPS) is 10.6. The van der Waals surface area contributed by atoms with Gasteiger partial charge in [-0.2, -0.15) is 0 Å². The highest BCUT2D eigenvalue weighted by Gasteiger charge is 2.26. The molecule has 258 valence electrons. The predicted molar refractivity (Wildman–Crippen MR) is 176 cm³/mol. The number of ether oxygens (including phenoxy) is 4. The smallest absolute Gasteiger partial charge is 0.387 e. The van der Waals surface area contributed by atoms with Crippen LogP contribution in [-0.4, -0.2) is 49.0 Å². The Labute approximate surface area is 287 Å². The maximum Gasteiger partial charge on any atom is 0.387 e. The molecule has 0 unspecified atom stereocenters. The molecule has 0 saturated carbocycles. The van der Waals surface area contributed by atoms with E-state index in [4.69, 9.17) is 28.7 Å². The maximum atomic E-state index is 13.6. The molecule has 50 heavy (non-hydrogen) atoms. The molecule has 0 amide bonds. The van der Waals surface area contributed by atoms with Gasteiger partial charge in [0.1, 0.15) is 11.5 Å². The fourth-order valence-electron chi connectivity index (χ4n) is 4.37. The quantitative estimate of drug-likeness (QED) is 0.0492. The molecule has 0 N–H and O–H groups in total. The number of carbonyl (C=O) groups is 6. The number of rotatable bonds is 14. The van der Waals surface area contributed by atoms with Gasteiger partial charge in [-0.25, -0.2) is 19.4 Å². The Hall–Kier alpha value is -6.30. The van der Waals surface area contributed by atoms with Crippen molar-refractivity contribution in [3.05, 3.63) is 130 Å². The summed E-state index contributed by atoms with van der Waals surface area (Å²) >= 11 is 0. The molecule has 0 aliphatic rings. The third-order valence-electron chi connectivity index (χ3n) is 7.01. The molecule has 0 heterocycles. The van der Waals surface area contributed by atoms with Gasteiger partial charge in [0.05, 0.1) is 34.1 Å². The highest BCUT2D eigenvalue weighted by atomic mass is 17.2. The van der Waals surface area contributed by atoms with Gasteiger partial charge in [0, 0.05) is 11.1 Å². The largest absolute Gasteiger partial charge is 0.457 e. The lowest BCUT2D eigenvalue weighted by atomic mass is 9.97. The van der Waals surface area contributed by atoms with Gasteiger partial charge in [-0.15, -0.1) is 0 Å². The number of carbonyl (C=O) groups excluding carboxylic acids is 6. The number of para-hydroxylation sites is 2. The molecule has 4 aromatic rings. The van der Waals surface area contributed by atoms with Gasteiger partial charge >= 0.3 is 23.9 Å². The van der Waals surface area contributed by atoms with Crippen molar-refractivity contribution >= 4 is 35.4 Å². The lowest BCUT2D eigenvalue weighted by Crippen LogP contribution is -2.19. The summed E-state index contributed by atoms with van der Waals surface area (Å²) in [4.78, 5) is 86.8. The molecule has 12 nitrogen and oxygen atoms in total. The first-order valence-corrected chi connectivity index (χ1v) is 15.5. The summed E-state index contributed by atoms with van der Waals surface area (Å²) < 4.78 is 21.2. The fraction of sp³-hybridized carbons (Fsp3) is 0.211. The summed E-state index contributed by atoms with van der Waals surface area (Å²) in [6, 6.07) is 23.8. The van der Waals surface area contributed by atoms with E-state index in [-0.39, 0.29) is 56.7 Å². The van der Waals surface area contributed by atoms with E-state index in [1.165, 1.54) is 72.8 Å². The van der Waals surface area contributed by atoms with Gasteiger partial charge in [-0.05, 0) is 36.4 Å². The van der Waals surface area contributed by atoms with Gasteiger partial charge in [-0.1, -0.05) is 88.4 Å². The number of ketones is 2. The van der Waals surface area contributed by atoms with E-state index in [0.717, 1.165) is 0 Å². The second-order valence-corrected chi connectivity index (χ2v) is 11.2. The van der Waals surface area contributed by atoms with Crippen molar-refractivity contribution in [2.75, 3.05) is 13.6 Å². The molecular weight excluding hydrogens is 648 g/mol. The first-order valence-electron chi connectivity index (χ1n) is 15.5. The van der Waals surface area contributed by atoms with Gasteiger partial charge in [0.2, 0.25) is 13.6 Å². The van der Waals surface area contributed by atoms with E-state index in [1.54, 1.807) is 52.0 Å². The topological polar surface area (TPSA) is 158 Å². The van der Waals surface area contributed by atoms with E-state index in [0.29, 0.717) is 0 Å². The van der Waals surface area contributed by atoms with Crippen molar-refractivity contribution in [2.24, 2.45) is 11.8 Å². The summed E-state index contributed by atoms with van der Waals surface area (Å²) in [5, 5.41) is 0. The Kier molecular flexibility index (Phi) is 12.6. The van der Waals surface area contributed by atoms with Crippen LogP contribution in [-0.2, 0) is 28.8 Å². The van der Waals surface area contributed by atoms with Crippen molar-refractivity contribution in [3.8, 4) is 11.5 Å². The van der Waals surface area contributed by atoms with Crippen LogP contribution in [0, 0.1) is 11.8 Å². The van der Waals surface area contributed by atoms with Crippen molar-refractivity contribution in [3.63, 3.8) is 0 Å². The molecule has 0 atom stereocenters. The van der Waals surface area contributed by atoms with E-state index in [2.05, 4.69) is 0 Å². The Morgan fingerprint density at radius 2 is 0.740 bits per heavy atom. The lowest BCUT2D eigenvalue weighted by molar-refractivity contribution is -0.187. The summed E-state index contributed by atoms with van der Waals surface area (Å²) in [6.07, 6.45) is 0. The maximum absolute atomic E-state index is 13.6. The average Bonchev–Trinajstić information content (AvgIpc) is 3.13. The summed E-state index contributed by atoms with van der Waals surface area (Å²) in [7, 11) is 0. The molecule has 0 bridgehead atoms. The van der Waals surface area contributed by atoms with Crippen LogP contribution in [0.15, 0.2) is 97.1 Å². The van der Waals surface area contributed by atoms with Crippen molar-refractivity contribution in [1.29, 1.82) is 0 Å². The Bertz CT molecular complexity index is 1760. The van der Waals surface area contributed by atoms with E-state index < -0.39 is 49.0 Å². The molecule has 0 radical (unpaired) electrons. The Balaban J connectivity index is 1.48. The van der Waals surface area contributed by atoms with Crippen LogP contribution in [0.25, 0.3) is 0 Å². The van der Waals surface area contributed by atoms with Crippen LogP contribution in [0.1, 0.15) is 80.3 Å². The number of esters is 2. The van der Waals surface area contributed by atoms with Crippen molar-refractivity contribution in [2.45, 2.75) is 27.7 Å². The SMILES string of the molecule is CC(C)C(=O)OCOc1ccccc1C(=O)c1ccccc1C(=O)OOC(=O)c1ccccc1C(=O)c1ccccc1OCOC(=O)C(C)C. The molecule has 0 aliphatic carbocycles. The van der Waals surface area contributed by atoms with Crippen LogP contribution in [0.5, 0.6) is 11.5 Å². The summed E-state index contributed by atoms with van der Waals surface area (Å²) in [5.41, 5.74) is -0.481. The minimum atomic E-state index is -1.16. The van der Waals surface area contributed by atoms with Crippen molar-refractivity contribution in [1.82, 2.24) is 0 Å². The number of benzene rings is 4. The number of hydrogen-bond acceptors (Lipinski definition) is 12. The van der Waals surface area contributed by atoms with Crippen LogP contribution >= 0.6 is 0 Å². The molecule has 0 aromatic heterocycles. The highest BCUT2D eigenvalue weighted by Crippen LogP contribution is 2.26. The highest BCUT2D eigenvalue weighted by molar-refractivity contribution is 6.17. The third-order valence-corrected chi connectivity index (χ3v) is 7.01. The molecule has 4 aromatic carbocycles. The molecule has 4 rings (SSSR count). The van der Waals surface area contributed by atoms with Crippen LogP contribution < -0.4 is 9.47 Å². The third kappa shape index (κ3) is 9.19. The van der Waals surface area contributed by atoms with Gasteiger partial charge in [-0.3, -0.25) is 19.2 Å². The summed E-state index contributed by atoms with van der Waals surface area (Å²) in [6.45, 7) is 5.80. The second kappa shape index (κ2) is 17.2. The van der Waals surface area contributed by atoms with Crippen LogP contribution in [0.3, 0.4) is 0 Å². The average molecular weight is 683 g/mol. The van der Waals surface area contributed by atoms with Gasteiger partial charge in [0.25, 0.3) is 0 Å². The molecule has 0 aliphatic heterocycles. The van der Waals surface area contributed by atoms with Crippen molar-refractivity contribution < 1.29 is 57.5 Å². The van der Waals surface area contributed by atoms with E-state index in [1.807, 2.05) is 0 Å². The van der Waals surface area contributed by atoms with E-state index >= 15 is 0 Å². The molecule has 0 fully saturated rings. The van der Waals surface area contributed by atoms with Gasteiger partial charge < -0.3 is 18.9 Å². The van der Waals surface area contributed by atoms with Crippen LogP contribution in [0.2, 0.25) is 0 Å². The number of hydrogen-bond donors (Lipinski definition) is 0. The van der Waals surface area contributed by atoms with Crippen LogP contribution in [0.4, 0.5) is 0 Å². The minimum absolute atomic E-state index is 0.0696. The monoisotopic (exact) mass is 682 g/mol. The van der Waals surface area contributed by atoms with Gasteiger partial charge in [0.15, 0.2) is 11.6 Å². The zero-order valence-corrected chi connectivity index (χ0v) is 27.7. The first kappa shape index (κ1) is 36.5. The second-order valence-electron chi connectivity index (χ2n) is 11.2. The Morgan fingerprint density at radius 3 is 1.08 bits per heavy atom.